The monoisotopic (exact) mass is 333 g/mol. The molecule has 108 valence electrons. The summed E-state index contributed by atoms with van der Waals surface area (Å²) in [6.07, 6.45) is 0. The molecule has 0 aliphatic carbocycles. The topological polar surface area (TPSA) is 166 Å². The first-order valence-electron chi connectivity index (χ1n) is 4.16. The van der Waals surface area contributed by atoms with Crippen molar-refractivity contribution in [3.05, 3.63) is 24.3 Å². The van der Waals surface area contributed by atoms with Gasteiger partial charge in [-0.25, -0.2) is 0 Å². The van der Waals surface area contributed by atoms with E-state index in [-0.39, 0.29) is 0 Å². The van der Waals surface area contributed by atoms with Crippen LogP contribution in [0.15, 0.2) is 29.2 Å². The van der Waals surface area contributed by atoms with Crippen molar-refractivity contribution in [2.24, 2.45) is 0 Å². The summed E-state index contributed by atoms with van der Waals surface area (Å²) in [5.74, 6) is 0. The molecule has 0 radical (unpaired) electrons. The summed E-state index contributed by atoms with van der Waals surface area (Å²) < 4.78 is 90.1. The highest BCUT2D eigenvalue weighted by Gasteiger charge is 2.31. The highest BCUT2D eigenvalue weighted by atomic mass is 32.3. The molecule has 3 N–H and O–H groups in total. The van der Waals surface area contributed by atoms with Gasteiger partial charge in [-0.05, 0) is 24.3 Å². The van der Waals surface area contributed by atoms with Crippen molar-refractivity contribution in [2.45, 2.75) is 4.90 Å². The van der Waals surface area contributed by atoms with Crippen LogP contribution < -0.4 is 3.71 Å². The van der Waals surface area contributed by atoms with Gasteiger partial charge in [0.2, 0.25) is 0 Å². The van der Waals surface area contributed by atoms with Gasteiger partial charge in [-0.15, -0.1) is 3.71 Å². The van der Waals surface area contributed by atoms with Crippen LogP contribution in [0, 0.1) is 0 Å². The summed E-state index contributed by atoms with van der Waals surface area (Å²) in [4.78, 5) is -0.637. The third kappa shape index (κ3) is 3.85. The molecule has 0 spiro atoms. The van der Waals surface area contributed by atoms with Gasteiger partial charge < -0.3 is 0 Å². The van der Waals surface area contributed by atoms with E-state index in [1.165, 1.54) is 0 Å². The third-order valence-corrected chi connectivity index (χ3v) is 5.02. The molecule has 0 fully saturated rings. The van der Waals surface area contributed by atoms with Crippen LogP contribution in [0.4, 0.5) is 5.69 Å². The Morgan fingerprint density at radius 3 is 1.37 bits per heavy atom. The molecule has 0 unspecified atom stereocenters. The van der Waals surface area contributed by atoms with Crippen molar-refractivity contribution in [1.82, 2.24) is 0 Å². The van der Waals surface area contributed by atoms with Crippen molar-refractivity contribution in [3.63, 3.8) is 0 Å². The molecule has 0 aromatic heterocycles. The second kappa shape index (κ2) is 4.69. The van der Waals surface area contributed by atoms with Crippen LogP contribution in [0.1, 0.15) is 0 Å². The Labute approximate surface area is 108 Å². The van der Waals surface area contributed by atoms with Crippen molar-refractivity contribution in [1.29, 1.82) is 0 Å². The molecule has 0 bridgehead atoms. The van der Waals surface area contributed by atoms with E-state index in [1.807, 2.05) is 0 Å². The van der Waals surface area contributed by atoms with E-state index in [0.29, 0.717) is 24.3 Å². The first-order valence-corrected chi connectivity index (χ1v) is 8.40. The molecule has 13 heteroatoms. The van der Waals surface area contributed by atoms with Crippen LogP contribution in [-0.4, -0.2) is 38.9 Å². The SMILES string of the molecule is O=S(=O)(O)c1ccc(N(S(=O)(=O)O)S(=O)(=O)O)cc1. The second-order valence-electron chi connectivity index (χ2n) is 3.12. The Morgan fingerprint density at radius 2 is 1.11 bits per heavy atom. The molecule has 0 amide bonds. The normalized spacial score (nSPS) is 13.2. The van der Waals surface area contributed by atoms with E-state index < -0.39 is 45.0 Å². The lowest BCUT2D eigenvalue weighted by Crippen LogP contribution is -2.35. The fourth-order valence-corrected chi connectivity index (χ4v) is 3.33. The molecule has 1 rings (SSSR count). The van der Waals surface area contributed by atoms with Gasteiger partial charge in [-0.1, -0.05) is 0 Å². The molecule has 0 heterocycles. The maximum atomic E-state index is 10.8. The van der Waals surface area contributed by atoms with Gasteiger partial charge in [-0.3, -0.25) is 13.7 Å². The standard InChI is InChI=1S/C6H7NO9S3/c8-17(9,10)6-3-1-5(2-4-6)7(18(11,12)13)19(14,15)16/h1-4H,(H,8,9,10)(H,11,12,13)(H,14,15,16). The van der Waals surface area contributed by atoms with E-state index >= 15 is 0 Å². The smallest absolute Gasteiger partial charge is 0.282 e. The minimum absolute atomic E-state index is 0.637. The molecule has 1 aromatic rings. The highest BCUT2D eigenvalue weighted by Crippen LogP contribution is 2.22. The zero-order valence-electron chi connectivity index (χ0n) is 8.77. The van der Waals surface area contributed by atoms with Crippen LogP contribution in [-0.2, 0) is 30.7 Å². The molecular formula is C6H7NO9S3. The van der Waals surface area contributed by atoms with Crippen LogP contribution in [0.2, 0.25) is 0 Å². The van der Waals surface area contributed by atoms with Crippen LogP contribution in [0.5, 0.6) is 0 Å². The van der Waals surface area contributed by atoms with Crippen molar-refractivity contribution < 1.29 is 38.9 Å². The number of anilines is 1. The molecule has 0 saturated carbocycles. The van der Waals surface area contributed by atoms with E-state index in [9.17, 15) is 25.3 Å². The van der Waals surface area contributed by atoms with Gasteiger partial charge in [0.05, 0.1) is 10.6 Å². The molecule has 0 aliphatic heterocycles. The van der Waals surface area contributed by atoms with Gasteiger partial charge in [0.25, 0.3) is 10.1 Å². The zero-order valence-corrected chi connectivity index (χ0v) is 11.2. The lowest BCUT2D eigenvalue weighted by molar-refractivity contribution is 0.465. The average molecular weight is 333 g/mol. The fraction of sp³-hybridized carbons (Fsp3) is 0. The van der Waals surface area contributed by atoms with E-state index in [2.05, 4.69) is 0 Å². The summed E-state index contributed by atoms with van der Waals surface area (Å²) in [7, 11) is -15.2. The molecule has 0 atom stereocenters. The van der Waals surface area contributed by atoms with Gasteiger partial charge in [-0.2, -0.15) is 25.3 Å². The molecule has 0 saturated heterocycles. The molecular weight excluding hydrogens is 326 g/mol. The summed E-state index contributed by atoms with van der Waals surface area (Å²) in [6, 6.07) is 2.64. The number of hydrogen-bond acceptors (Lipinski definition) is 6. The fourth-order valence-electron chi connectivity index (χ4n) is 1.13. The number of benzene rings is 1. The summed E-state index contributed by atoms with van der Waals surface area (Å²) >= 11 is 0. The summed E-state index contributed by atoms with van der Waals surface area (Å²) in [5, 5.41) is 0. The second-order valence-corrected chi connectivity index (χ2v) is 7.30. The largest absolute Gasteiger partial charge is 0.375 e. The van der Waals surface area contributed by atoms with E-state index in [0.717, 1.165) is 0 Å². The van der Waals surface area contributed by atoms with Gasteiger partial charge >= 0.3 is 20.6 Å². The van der Waals surface area contributed by atoms with Gasteiger partial charge in [0.1, 0.15) is 0 Å². The highest BCUT2D eigenvalue weighted by molar-refractivity contribution is 8.05. The van der Waals surface area contributed by atoms with E-state index in [1.54, 1.807) is 0 Å². The first kappa shape index (κ1) is 15.8. The zero-order chi connectivity index (χ0) is 15.1. The maximum Gasteiger partial charge on any atom is 0.375 e. The Kier molecular flexibility index (Phi) is 3.91. The predicted octanol–water partition coefficient (Wildman–Crippen LogP) is -0.655. The van der Waals surface area contributed by atoms with Crippen molar-refractivity contribution in [2.75, 3.05) is 3.71 Å². The lowest BCUT2D eigenvalue weighted by Gasteiger charge is -2.16. The lowest BCUT2D eigenvalue weighted by atomic mass is 10.3. The van der Waals surface area contributed by atoms with Crippen LogP contribution >= 0.6 is 0 Å². The van der Waals surface area contributed by atoms with Crippen LogP contribution in [0.3, 0.4) is 0 Å². The Morgan fingerprint density at radius 1 is 0.737 bits per heavy atom. The molecule has 0 aliphatic rings. The van der Waals surface area contributed by atoms with Crippen LogP contribution in [0.25, 0.3) is 0 Å². The Bertz CT molecular complexity index is 743. The third-order valence-electron chi connectivity index (χ3n) is 1.76. The van der Waals surface area contributed by atoms with Gasteiger partial charge in [0, 0.05) is 0 Å². The predicted molar refractivity (Wildman–Crippen MR) is 61.8 cm³/mol. The summed E-state index contributed by atoms with van der Waals surface area (Å²) in [5.41, 5.74) is -0.752. The quantitative estimate of drug-likeness (QED) is 0.606. The summed E-state index contributed by atoms with van der Waals surface area (Å²) in [6.45, 7) is 0. The van der Waals surface area contributed by atoms with Gasteiger partial charge in [0.15, 0.2) is 0 Å². The maximum absolute atomic E-state index is 10.8. The first-order chi connectivity index (χ1) is 8.33. The van der Waals surface area contributed by atoms with E-state index in [4.69, 9.17) is 13.7 Å². The average Bonchev–Trinajstić information content (AvgIpc) is 2.12. The minimum atomic E-state index is -5.34. The minimum Gasteiger partial charge on any atom is -0.282 e. The van der Waals surface area contributed by atoms with Crippen molar-refractivity contribution in [3.8, 4) is 0 Å². The number of nitrogens with zero attached hydrogens (tertiary/aromatic N) is 1. The van der Waals surface area contributed by atoms with Crippen molar-refractivity contribution >= 4 is 36.4 Å². The Balaban J connectivity index is 3.45. The molecule has 19 heavy (non-hydrogen) atoms. The molecule has 10 nitrogen and oxygen atoms in total. The Hall–Kier alpha value is -1.25. The number of rotatable bonds is 4. The molecule has 1 aromatic carbocycles. The number of hydrogen-bond donors (Lipinski definition) is 3.